The minimum absolute atomic E-state index is 0.624. The van der Waals surface area contributed by atoms with E-state index in [2.05, 4.69) is 18.8 Å². The molecule has 0 aromatic carbocycles. The standard InChI is InChI=1S/C9H16ClNS/c1-7(10)6-11-9-4-3-5-12-8(9)2/h8-9,11H,1,3-6H2,2H3. The molecule has 1 aliphatic heterocycles. The number of hydrogen-bond acceptors (Lipinski definition) is 2. The van der Waals surface area contributed by atoms with E-state index in [4.69, 9.17) is 11.6 Å². The fourth-order valence-corrected chi connectivity index (χ4v) is 2.68. The van der Waals surface area contributed by atoms with Crippen LogP contribution in [0.2, 0.25) is 0 Å². The van der Waals surface area contributed by atoms with E-state index in [0.29, 0.717) is 11.1 Å². The molecule has 3 heteroatoms. The smallest absolute Gasteiger partial charge is 0.0310 e. The van der Waals surface area contributed by atoms with Crippen molar-refractivity contribution in [2.45, 2.75) is 31.1 Å². The van der Waals surface area contributed by atoms with Crippen LogP contribution in [0.1, 0.15) is 19.8 Å². The average molecular weight is 206 g/mol. The minimum atomic E-state index is 0.624. The summed E-state index contributed by atoms with van der Waals surface area (Å²) in [6, 6.07) is 0.624. The summed E-state index contributed by atoms with van der Waals surface area (Å²) in [6.07, 6.45) is 2.60. The van der Waals surface area contributed by atoms with E-state index in [1.807, 2.05) is 11.8 Å². The van der Waals surface area contributed by atoms with Crippen molar-refractivity contribution in [2.75, 3.05) is 12.3 Å². The van der Waals surface area contributed by atoms with E-state index in [-0.39, 0.29) is 0 Å². The Hall–Kier alpha value is 0.340. The van der Waals surface area contributed by atoms with Crippen molar-refractivity contribution in [3.05, 3.63) is 11.6 Å². The van der Waals surface area contributed by atoms with Gasteiger partial charge in [0.1, 0.15) is 0 Å². The maximum absolute atomic E-state index is 5.68. The Bertz CT molecular complexity index is 161. The molecule has 0 bridgehead atoms. The quantitative estimate of drug-likeness (QED) is 0.761. The number of rotatable bonds is 3. The normalized spacial score (nSPS) is 30.2. The number of hydrogen-bond donors (Lipinski definition) is 1. The third kappa shape index (κ3) is 3.38. The van der Waals surface area contributed by atoms with Crippen LogP contribution in [-0.2, 0) is 0 Å². The lowest BCUT2D eigenvalue weighted by molar-refractivity contribution is 0.483. The number of halogens is 1. The van der Waals surface area contributed by atoms with Crippen molar-refractivity contribution in [2.24, 2.45) is 0 Å². The maximum Gasteiger partial charge on any atom is 0.0310 e. The van der Waals surface area contributed by atoms with Crippen LogP contribution in [-0.4, -0.2) is 23.6 Å². The first kappa shape index (κ1) is 10.4. The second kappa shape index (κ2) is 5.15. The van der Waals surface area contributed by atoms with Gasteiger partial charge in [0.05, 0.1) is 0 Å². The van der Waals surface area contributed by atoms with Gasteiger partial charge in [0.2, 0.25) is 0 Å². The molecular formula is C9H16ClNS. The molecule has 2 unspecified atom stereocenters. The van der Waals surface area contributed by atoms with Crippen LogP contribution in [0.5, 0.6) is 0 Å². The fraction of sp³-hybridized carbons (Fsp3) is 0.778. The van der Waals surface area contributed by atoms with Gasteiger partial charge in [0.25, 0.3) is 0 Å². The summed E-state index contributed by atoms with van der Waals surface area (Å²) >= 11 is 7.72. The molecule has 0 aromatic rings. The molecular weight excluding hydrogens is 190 g/mol. The van der Waals surface area contributed by atoms with Crippen molar-refractivity contribution in [3.8, 4) is 0 Å². The van der Waals surface area contributed by atoms with Crippen molar-refractivity contribution < 1.29 is 0 Å². The molecule has 70 valence electrons. The summed E-state index contributed by atoms with van der Waals surface area (Å²) in [7, 11) is 0. The third-order valence-corrected chi connectivity index (χ3v) is 3.68. The Morgan fingerprint density at radius 2 is 2.50 bits per heavy atom. The lowest BCUT2D eigenvalue weighted by atomic mass is 10.1. The highest BCUT2D eigenvalue weighted by Gasteiger charge is 2.20. The Balaban J connectivity index is 2.24. The molecule has 0 saturated carbocycles. The van der Waals surface area contributed by atoms with E-state index in [1.54, 1.807) is 0 Å². The highest BCUT2D eigenvalue weighted by molar-refractivity contribution is 7.99. The Labute approximate surface area is 83.9 Å². The number of thioether (sulfide) groups is 1. The molecule has 1 saturated heterocycles. The van der Waals surface area contributed by atoms with Crippen molar-refractivity contribution in [1.29, 1.82) is 0 Å². The predicted octanol–water partition coefficient (Wildman–Crippen LogP) is 2.61. The van der Waals surface area contributed by atoms with Crippen LogP contribution in [0.3, 0.4) is 0 Å². The zero-order valence-corrected chi connectivity index (χ0v) is 9.05. The van der Waals surface area contributed by atoms with Gasteiger partial charge in [-0.1, -0.05) is 25.1 Å². The van der Waals surface area contributed by atoms with Gasteiger partial charge in [-0.05, 0) is 18.6 Å². The predicted molar refractivity (Wildman–Crippen MR) is 57.9 cm³/mol. The molecule has 1 nitrogen and oxygen atoms in total. The SMILES string of the molecule is C=C(Cl)CNC1CCCSC1C. The van der Waals surface area contributed by atoms with Crippen molar-refractivity contribution in [3.63, 3.8) is 0 Å². The van der Waals surface area contributed by atoms with Gasteiger partial charge in [0, 0.05) is 22.9 Å². The van der Waals surface area contributed by atoms with Crippen LogP contribution in [0, 0.1) is 0 Å². The van der Waals surface area contributed by atoms with Crippen molar-refractivity contribution >= 4 is 23.4 Å². The second-order valence-corrected chi connectivity index (χ2v) is 5.24. The Morgan fingerprint density at radius 1 is 1.75 bits per heavy atom. The molecule has 2 atom stereocenters. The lowest BCUT2D eigenvalue weighted by Gasteiger charge is -2.29. The molecule has 1 rings (SSSR count). The van der Waals surface area contributed by atoms with Gasteiger partial charge in [-0.15, -0.1) is 0 Å². The number of nitrogens with one attached hydrogen (secondary N) is 1. The molecule has 0 aliphatic carbocycles. The summed E-state index contributed by atoms with van der Waals surface area (Å²) < 4.78 is 0. The topological polar surface area (TPSA) is 12.0 Å². The molecule has 1 fully saturated rings. The van der Waals surface area contributed by atoms with Crippen LogP contribution < -0.4 is 5.32 Å². The summed E-state index contributed by atoms with van der Waals surface area (Å²) in [5.74, 6) is 1.31. The summed E-state index contributed by atoms with van der Waals surface area (Å²) in [6.45, 7) is 6.68. The van der Waals surface area contributed by atoms with Crippen LogP contribution in [0.25, 0.3) is 0 Å². The molecule has 1 aliphatic rings. The van der Waals surface area contributed by atoms with Gasteiger partial charge in [-0.3, -0.25) is 0 Å². The van der Waals surface area contributed by atoms with Crippen LogP contribution in [0.4, 0.5) is 0 Å². The van der Waals surface area contributed by atoms with Gasteiger partial charge >= 0.3 is 0 Å². The van der Waals surface area contributed by atoms with E-state index in [0.717, 1.165) is 11.8 Å². The lowest BCUT2D eigenvalue weighted by Crippen LogP contribution is -2.39. The first-order chi connectivity index (χ1) is 5.70. The van der Waals surface area contributed by atoms with E-state index >= 15 is 0 Å². The molecule has 0 amide bonds. The highest BCUT2D eigenvalue weighted by Crippen LogP contribution is 2.24. The van der Waals surface area contributed by atoms with Crippen LogP contribution in [0.15, 0.2) is 11.6 Å². The molecule has 12 heavy (non-hydrogen) atoms. The molecule has 1 heterocycles. The van der Waals surface area contributed by atoms with E-state index in [9.17, 15) is 0 Å². The zero-order valence-electron chi connectivity index (χ0n) is 7.48. The zero-order chi connectivity index (χ0) is 8.97. The van der Waals surface area contributed by atoms with E-state index in [1.165, 1.54) is 18.6 Å². The van der Waals surface area contributed by atoms with Crippen LogP contribution >= 0.6 is 23.4 Å². The third-order valence-electron chi connectivity index (χ3n) is 2.16. The summed E-state index contributed by atoms with van der Waals surface area (Å²) in [5, 5.41) is 4.84. The van der Waals surface area contributed by atoms with Gasteiger partial charge in [-0.2, -0.15) is 11.8 Å². The fourth-order valence-electron chi connectivity index (χ4n) is 1.43. The summed E-state index contributed by atoms with van der Waals surface area (Å²) in [4.78, 5) is 0. The highest BCUT2D eigenvalue weighted by atomic mass is 35.5. The second-order valence-electron chi connectivity index (χ2n) is 3.22. The monoisotopic (exact) mass is 205 g/mol. The van der Waals surface area contributed by atoms with Gasteiger partial charge in [0.15, 0.2) is 0 Å². The Morgan fingerprint density at radius 3 is 3.08 bits per heavy atom. The van der Waals surface area contributed by atoms with Gasteiger partial charge < -0.3 is 5.32 Å². The van der Waals surface area contributed by atoms with E-state index < -0.39 is 0 Å². The Kier molecular flexibility index (Phi) is 4.47. The first-order valence-corrected chi connectivity index (χ1v) is 5.81. The summed E-state index contributed by atoms with van der Waals surface area (Å²) in [5.41, 5.74) is 0. The van der Waals surface area contributed by atoms with Gasteiger partial charge in [-0.25, -0.2) is 0 Å². The molecule has 0 spiro atoms. The molecule has 0 aromatic heterocycles. The average Bonchev–Trinajstić information content (AvgIpc) is 2.03. The largest absolute Gasteiger partial charge is 0.308 e. The maximum atomic E-state index is 5.68. The molecule has 0 radical (unpaired) electrons. The first-order valence-electron chi connectivity index (χ1n) is 4.38. The van der Waals surface area contributed by atoms with Crippen molar-refractivity contribution in [1.82, 2.24) is 5.32 Å². The minimum Gasteiger partial charge on any atom is -0.308 e. The molecule has 1 N–H and O–H groups in total.